The van der Waals surface area contributed by atoms with Crippen molar-refractivity contribution in [2.45, 2.75) is 159 Å². The van der Waals surface area contributed by atoms with Gasteiger partial charge in [-0.2, -0.15) is 0 Å². The normalized spacial score (nSPS) is 35.9. The molecular formula is C32H62O13. The van der Waals surface area contributed by atoms with Gasteiger partial charge in [-0.05, 0) is 39.5 Å². The first-order valence-corrected chi connectivity index (χ1v) is 16.8. The fraction of sp³-hybridized carbons (Fsp3) is 1.00. The Bertz CT molecular complexity index is 790. The highest BCUT2D eigenvalue weighted by atomic mass is 16.7. The van der Waals surface area contributed by atoms with Crippen LogP contribution in [-0.4, -0.2) is 150 Å². The molecule has 2 fully saturated rings. The van der Waals surface area contributed by atoms with Crippen LogP contribution in [-0.2, 0) is 33.2 Å². The number of rotatable bonds is 21. The van der Waals surface area contributed by atoms with Crippen LogP contribution < -0.4 is 0 Å². The monoisotopic (exact) mass is 654 g/mol. The zero-order valence-electron chi connectivity index (χ0n) is 28.3. The maximum atomic E-state index is 11.6. The van der Waals surface area contributed by atoms with Crippen LogP contribution in [0.1, 0.15) is 80.1 Å². The number of ether oxygens (including phenoxy) is 7. The molecule has 13 heteroatoms. The standard InChI is InChI=1S/C32H62O13/c1-8-12-21(10-3)42-29-24(18-40-15-19(5)34)44-31(27(37)26(29)36)45-28-23(17-41-16-20(6)39-7)43-30(22(14-33)25(28)35)32(38,11-4)13-9-2/h19-31,33-38H,8-18H2,1-7H3. The third kappa shape index (κ3) is 11.3. The van der Waals surface area contributed by atoms with Gasteiger partial charge >= 0.3 is 0 Å². The molecular weight excluding hydrogens is 592 g/mol. The van der Waals surface area contributed by atoms with Crippen LogP contribution in [0.5, 0.6) is 0 Å². The summed E-state index contributed by atoms with van der Waals surface area (Å²) in [6, 6.07) is 0. The summed E-state index contributed by atoms with van der Waals surface area (Å²) in [6.45, 7) is 10.8. The van der Waals surface area contributed by atoms with Crippen LogP contribution in [0, 0.1) is 5.92 Å². The molecule has 6 N–H and O–H groups in total. The Morgan fingerprint density at radius 3 is 2.02 bits per heavy atom. The Labute approximate surface area is 269 Å². The van der Waals surface area contributed by atoms with E-state index in [0.717, 1.165) is 12.8 Å². The molecule has 45 heavy (non-hydrogen) atoms. The average Bonchev–Trinajstić information content (AvgIpc) is 3.01. The number of methoxy groups -OCH3 is 1. The van der Waals surface area contributed by atoms with Gasteiger partial charge in [0, 0.05) is 13.0 Å². The quantitative estimate of drug-likeness (QED) is 0.103. The molecule has 268 valence electrons. The van der Waals surface area contributed by atoms with Crippen LogP contribution in [0.4, 0.5) is 0 Å². The van der Waals surface area contributed by atoms with Crippen molar-refractivity contribution in [3.05, 3.63) is 0 Å². The SMILES string of the molecule is CCCC(CC)OC1C(COCC(C)O)OC(OC2C(COCC(C)OC)OC(C(O)(CC)CCC)C(CO)C2O)C(O)C1O. The first-order valence-electron chi connectivity index (χ1n) is 16.8. The van der Waals surface area contributed by atoms with Gasteiger partial charge in [-0.15, -0.1) is 0 Å². The van der Waals surface area contributed by atoms with Crippen LogP contribution in [0.3, 0.4) is 0 Å². The third-order valence-electron chi connectivity index (χ3n) is 8.91. The van der Waals surface area contributed by atoms with Crippen molar-refractivity contribution in [1.29, 1.82) is 0 Å². The predicted octanol–water partition coefficient (Wildman–Crippen LogP) is 0.909. The maximum Gasteiger partial charge on any atom is 0.187 e. The molecule has 13 nitrogen and oxygen atoms in total. The van der Waals surface area contributed by atoms with E-state index in [0.29, 0.717) is 25.7 Å². The van der Waals surface area contributed by atoms with Gasteiger partial charge in [-0.25, -0.2) is 0 Å². The van der Waals surface area contributed by atoms with E-state index in [2.05, 4.69) is 0 Å². The van der Waals surface area contributed by atoms with E-state index in [9.17, 15) is 30.6 Å². The Balaban J connectivity index is 2.37. The molecule has 14 unspecified atom stereocenters. The van der Waals surface area contributed by atoms with E-state index in [-0.39, 0.29) is 38.6 Å². The van der Waals surface area contributed by atoms with Crippen molar-refractivity contribution in [2.75, 3.05) is 40.1 Å². The van der Waals surface area contributed by atoms with Crippen LogP contribution in [0.15, 0.2) is 0 Å². The van der Waals surface area contributed by atoms with Gasteiger partial charge in [0.15, 0.2) is 6.29 Å². The maximum absolute atomic E-state index is 11.6. The summed E-state index contributed by atoms with van der Waals surface area (Å²) in [6.07, 6.45) is -8.10. The lowest BCUT2D eigenvalue weighted by Gasteiger charge is -2.51. The number of hydrogen-bond donors (Lipinski definition) is 6. The minimum absolute atomic E-state index is 0.0229. The van der Waals surface area contributed by atoms with Crippen molar-refractivity contribution in [1.82, 2.24) is 0 Å². The van der Waals surface area contributed by atoms with Crippen LogP contribution in [0.25, 0.3) is 0 Å². The third-order valence-corrected chi connectivity index (χ3v) is 8.91. The summed E-state index contributed by atoms with van der Waals surface area (Å²) in [5.74, 6) is -0.924. The Hall–Kier alpha value is -0.520. The number of aliphatic hydroxyl groups is 6. The second kappa shape index (κ2) is 20.1. The molecule has 2 aliphatic heterocycles. The molecule has 0 spiro atoms. The van der Waals surface area contributed by atoms with Gasteiger partial charge in [0.1, 0.15) is 36.6 Å². The Morgan fingerprint density at radius 2 is 1.49 bits per heavy atom. The highest BCUT2D eigenvalue weighted by Crippen LogP contribution is 2.39. The summed E-state index contributed by atoms with van der Waals surface area (Å²) in [4.78, 5) is 0. The van der Waals surface area contributed by atoms with Crippen LogP contribution >= 0.6 is 0 Å². The van der Waals surface area contributed by atoms with Gasteiger partial charge < -0.3 is 63.8 Å². The number of hydrogen-bond acceptors (Lipinski definition) is 13. The fourth-order valence-corrected chi connectivity index (χ4v) is 6.15. The zero-order valence-corrected chi connectivity index (χ0v) is 28.3. The smallest absolute Gasteiger partial charge is 0.187 e. The Morgan fingerprint density at radius 1 is 0.844 bits per heavy atom. The molecule has 0 bridgehead atoms. The summed E-state index contributed by atoms with van der Waals surface area (Å²) in [7, 11) is 1.56. The van der Waals surface area contributed by atoms with Gasteiger partial charge in [-0.3, -0.25) is 0 Å². The summed E-state index contributed by atoms with van der Waals surface area (Å²) in [5.41, 5.74) is -1.33. The molecule has 2 rings (SSSR count). The summed E-state index contributed by atoms with van der Waals surface area (Å²) in [5, 5.41) is 65.8. The summed E-state index contributed by atoms with van der Waals surface area (Å²) >= 11 is 0. The van der Waals surface area contributed by atoms with E-state index in [1.807, 2.05) is 34.6 Å². The second-order valence-corrected chi connectivity index (χ2v) is 12.7. The number of aliphatic hydroxyl groups excluding tert-OH is 5. The van der Waals surface area contributed by atoms with E-state index in [1.54, 1.807) is 14.0 Å². The minimum Gasteiger partial charge on any atom is -0.396 e. The first-order chi connectivity index (χ1) is 21.4. The topological polar surface area (TPSA) is 186 Å². The molecule has 2 aliphatic rings. The summed E-state index contributed by atoms with van der Waals surface area (Å²) < 4.78 is 41.8. The lowest BCUT2D eigenvalue weighted by Crippen LogP contribution is -2.67. The van der Waals surface area contributed by atoms with Crippen LogP contribution in [0.2, 0.25) is 0 Å². The molecule has 0 aromatic heterocycles. The largest absolute Gasteiger partial charge is 0.396 e. The van der Waals surface area contributed by atoms with E-state index < -0.39 is 79.4 Å². The van der Waals surface area contributed by atoms with Crippen molar-refractivity contribution >= 4 is 0 Å². The highest BCUT2D eigenvalue weighted by Gasteiger charge is 2.55. The molecule has 0 amide bonds. The van der Waals surface area contributed by atoms with Crippen molar-refractivity contribution < 1.29 is 63.8 Å². The van der Waals surface area contributed by atoms with Gasteiger partial charge in [0.25, 0.3) is 0 Å². The molecule has 0 aliphatic carbocycles. The van der Waals surface area contributed by atoms with E-state index in [1.165, 1.54) is 0 Å². The first kappa shape index (κ1) is 40.7. The molecule has 14 atom stereocenters. The van der Waals surface area contributed by atoms with Crippen molar-refractivity contribution in [3.63, 3.8) is 0 Å². The lowest BCUT2D eigenvalue weighted by molar-refractivity contribution is -0.353. The highest BCUT2D eigenvalue weighted by molar-refractivity contribution is 5.02. The average molecular weight is 655 g/mol. The molecule has 0 saturated carbocycles. The molecule has 2 heterocycles. The van der Waals surface area contributed by atoms with Crippen molar-refractivity contribution in [2.24, 2.45) is 5.92 Å². The molecule has 0 aromatic rings. The van der Waals surface area contributed by atoms with E-state index in [4.69, 9.17) is 33.2 Å². The Kier molecular flexibility index (Phi) is 18.2. The van der Waals surface area contributed by atoms with Gasteiger partial charge in [0.2, 0.25) is 0 Å². The fourth-order valence-electron chi connectivity index (χ4n) is 6.15. The van der Waals surface area contributed by atoms with Gasteiger partial charge in [0.05, 0.1) is 69.2 Å². The molecule has 0 aromatic carbocycles. The lowest BCUT2D eigenvalue weighted by atomic mass is 9.76. The zero-order chi connectivity index (χ0) is 33.7. The predicted molar refractivity (Wildman–Crippen MR) is 165 cm³/mol. The van der Waals surface area contributed by atoms with Gasteiger partial charge in [-0.1, -0.05) is 40.5 Å². The molecule has 2 saturated heterocycles. The van der Waals surface area contributed by atoms with Crippen molar-refractivity contribution in [3.8, 4) is 0 Å². The second-order valence-electron chi connectivity index (χ2n) is 12.7. The minimum atomic E-state index is -1.57. The molecule has 0 radical (unpaired) electrons. The van der Waals surface area contributed by atoms with E-state index >= 15 is 0 Å².